The molecule has 0 radical (unpaired) electrons. The van der Waals surface area contributed by atoms with Gasteiger partial charge in [0, 0.05) is 19.0 Å². The van der Waals surface area contributed by atoms with Gasteiger partial charge in [0.05, 0.1) is 13.2 Å². The molecule has 1 aliphatic rings. The van der Waals surface area contributed by atoms with E-state index in [9.17, 15) is 14.0 Å². The van der Waals surface area contributed by atoms with E-state index in [1.807, 2.05) is 48.6 Å². The average molecular weight is 423 g/mol. The molecule has 31 heavy (non-hydrogen) atoms. The van der Waals surface area contributed by atoms with E-state index in [2.05, 4.69) is 0 Å². The van der Waals surface area contributed by atoms with Crippen LogP contribution in [0.5, 0.6) is 0 Å². The Kier molecular flexibility index (Phi) is 7.36. The summed E-state index contributed by atoms with van der Waals surface area (Å²) in [7, 11) is 0. The zero-order chi connectivity index (χ0) is 22.3. The van der Waals surface area contributed by atoms with E-state index >= 15 is 0 Å². The maximum atomic E-state index is 13.8. The minimum Gasteiger partial charge on any atom is -0.464 e. The minimum absolute atomic E-state index is 0.125. The molecule has 1 amide bonds. The van der Waals surface area contributed by atoms with Crippen molar-refractivity contribution in [2.24, 2.45) is 0 Å². The summed E-state index contributed by atoms with van der Waals surface area (Å²) in [5.74, 6) is -1.17. The molecule has 1 atom stereocenters. The van der Waals surface area contributed by atoms with E-state index in [0.717, 1.165) is 11.1 Å². The van der Waals surface area contributed by atoms with Crippen LogP contribution in [-0.4, -0.2) is 37.2 Å². The third kappa shape index (κ3) is 5.89. The zero-order valence-corrected chi connectivity index (χ0v) is 17.7. The van der Waals surface area contributed by atoms with Crippen LogP contribution in [0.2, 0.25) is 0 Å². The third-order valence-electron chi connectivity index (χ3n) is 5.05. The number of rotatable bonds is 8. The van der Waals surface area contributed by atoms with Crippen LogP contribution in [0, 0.1) is 5.82 Å². The minimum atomic E-state index is -0.955. The molecule has 0 aliphatic heterocycles. The molecule has 1 unspecified atom stereocenters. The molecule has 0 bridgehead atoms. The second kappa shape index (κ2) is 10.2. The molecule has 0 heterocycles. The molecule has 1 aliphatic carbocycles. The highest BCUT2D eigenvalue weighted by molar-refractivity contribution is 5.91. The van der Waals surface area contributed by atoms with Gasteiger partial charge in [0.1, 0.15) is 18.0 Å². The number of hydrogen-bond donors (Lipinski definition) is 0. The maximum Gasteiger partial charge on any atom is 0.332 e. The fourth-order valence-corrected chi connectivity index (χ4v) is 3.48. The van der Waals surface area contributed by atoms with Gasteiger partial charge in [-0.1, -0.05) is 54.6 Å². The molecule has 0 fully saturated rings. The lowest BCUT2D eigenvalue weighted by Gasteiger charge is -2.37. The number of halogens is 1. The third-order valence-corrected chi connectivity index (χ3v) is 5.05. The first-order chi connectivity index (χ1) is 14.9. The van der Waals surface area contributed by atoms with Crippen LogP contribution >= 0.6 is 0 Å². The highest BCUT2D eigenvalue weighted by atomic mass is 19.1. The van der Waals surface area contributed by atoms with Crippen LogP contribution in [-0.2, 0) is 19.1 Å². The summed E-state index contributed by atoms with van der Waals surface area (Å²) in [5.41, 5.74) is 1.56. The molecular weight excluding hydrogens is 397 g/mol. The molecule has 0 spiro atoms. The molecule has 0 saturated heterocycles. The number of carbonyl (C=O) groups is 2. The Hall–Kier alpha value is -3.25. The Labute approximate surface area is 181 Å². The van der Waals surface area contributed by atoms with Crippen molar-refractivity contribution in [2.75, 3.05) is 24.7 Å². The number of nitrogens with zero attached hydrogens (tertiary/aromatic N) is 1. The summed E-state index contributed by atoms with van der Waals surface area (Å²) < 4.78 is 24.8. The van der Waals surface area contributed by atoms with E-state index < -0.39 is 17.4 Å². The topological polar surface area (TPSA) is 55.8 Å². The summed E-state index contributed by atoms with van der Waals surface area (Å²) >= 11 is 0. The normalized spacial score (nSPS) is 17.7. The fraction of sp³-hybridized carbons (Fsp3) is 0.280. The number of esters is 1. The summed E-state index contributed by atoms with van der Waals surface area (Å²) in [6.07, 6.45) is 6.24. The SMILES string of the molecule is CCOC(=O)COC1(CN(C(C)=O)c2cccc(F)c2)C=CC(c2ccccc2)=CC1. The number of amides is 1. The number of carbonyl (C=O) groups excluding carboxylic acids is 2. The van der Waals surface area contributed by atoms with Gasteiger partial charge in [-0.25, -0.2) is 9.18 Å². The molecule has 0 aromatic heterocycles. The lowest BCUT2D eigenvalue weighted by Crippen LogP contribution is -2.47. The Morgan fingerprint density at radius 1 is 1.13 bits per heavy atom. The Bertz CT molecular complexity index is 986. The van der Waals surface area contributed by atoms with Crippen molar-refractivity contribution >= 4 is 23.1 Å². The first kappa shape index (κ1) is 22.4. The van der Waals surface area contributed by atoms with Crippen molar-refractivity contribution in [2.45, 2.75) is 25.9 Å². The largest absolute Gasteiger partial charge is 0.464 e. The van der Waals surface area contributed by atoms with E-state index in [0.29, 0.717) is 12.1 Å². The number of anilines is 1. The van der Waals surface area contributed by atoms with E-state index in [-0.39, 0.29) is 25.7 Å². The molecule has 6 heteroatoms. The van der Waals surface area contributed by atoms with Crippen molar-refractivity contribution in [3.63, 3.8) is 0 Å². The van der Waals surface area contributed by atoms with Crippen LogP contribution in [0.1, 0.15) is 25.8 Å². The van der Waals surface area contributed by atoms with Gasteiger partial charge in [-0.2, -0.15) is 0 Å². The quantitative estimate of drug-likeness (QED) is 0.585. The van der Waals surface area contributed by atoms with Crippen LogP contribution in [0.3, 0.4) is 0 Å². The van der Waals surface area contributed by atoms with Gasteiger partial charge in [-0.05, 0) is 36.3 Å². The zero-order valence-electron chi connectivity index (χ0n) is 17.7. The molecule has 3 rings (SSSR count). The van der Waals surface area contributed by atoms with Crippen molar-refractivity contribution in [1.82, 2.24) is 0 Å². The number of ether oxygens (including phenoxy) is 2. The summed E-state index contributed by atoms with van der Waals surface area (Å²) in [6, 6.07) is 15.7. The van der Waals surface area contributed by atoms with Crippen LogP contribution in [0.4, 0.5) is 10.1 Å². The molecule has 0 N–H and O–H groups in total. The lowest BCUT2D eigenvalue weighted by molar-refractivity contribution is -0.153. The summed E-state index contributed by atoms with van der Waals surface area (Å²) in [5, 5.41) is 0. The molecule has 2 aromatic rings. The van der Waals surface area contributed by atoms with Gasteiger partial charge in [-0.15, -0.1) is 0 Å². The van der Waals surface area contributed by atoms with Crippen molar-refractivity contribution < 1.29 is 23.5 Å². The fourth-order valence-electron chi connectivity index (χ4n) is 3.48. The van der Waals surface area contributed by atoms with Gasteiger partial charge >= 0.3 is 5.97 Å². The predicted molar refractivity (Wildman–Crippen MR) is 118 cm³/mol. The van der Waals surface area contributed by atoms with Crippen molar-refractivity contribution in [3.8, 4) is 0 Å². The van der Waals surface area contributed by atoms with Gasteiger partial charge in [0.2, 0.25) is 5.91 Å². The van der Waals surface area contributed by atoms with Crippen molar-refractivity contribution in [1.29, 1.82) is 0 Å². The van der Waals surface area contributed by atoms with Gasteiger partial charge in [0.15, 0.2) is 0 Å². The second-order valence-corrected chi connectivity index (χ2v) is 7.31. The average Bonchev–Trinajstić information content (AvgIpc) is 2.77. The summed E-state index contributed by atoms with van der Waals surface area (Å²) in [4.78, 5) is 25.8. The van der Waals surface area contributed by atoms with Crippen molar-refractivity contribution in [3.05, 3.63) is 84.2 Å². The Balaban J connectivity index is 1.87. The first-order valence-electron chi connectivity index (χ1n) is 10.2. The summed E-state index contributed by atoms with van der Waals surface area (Å²) in [6.45, 7) is 3.28. The van der Waals surface area contributed by atoms with Crippen LogP contribution in [0.25, 0.3) is 5.57 Å². The smallest absolute Gasteiger partial charge is 0.332 e. The molecule has 0 saturated carbocycles. The Morgan fingerprint density at radius 3 is 2.52 bits per heavy atom. The van der Waals surface area contributed by atoms with E-state index in [1.54, 1.807) is 19.1 Å². The highest BCUT2D eigenvalue weighted by Gasteiger charge is 2.34. The number of hydrogen-bond acceptors (Lipinski definition) is 4. The van der Waals surface area contributed by atoms with Gasteiger partial charge in [0.25, 0.3) is 0 Å². The molecular formula is C25H26FNO4. The lowest BCUT2D eigenvalue weighted by atomic mass is 9.88. The van der Waals surface area contributed by atoms with Gasteiger partial charge in [-0.3, -0.25) is 4.79 Å². The second-order valence-electron chi connectivity index (χ2n) is 7.31. The maximum absolute atomic E-state index is 13.8. The highest BCUT2D eigenvalue weighted by Crippen LogP contribution is 2.32. The Morgan fingerprint density at radius 2 is 1.90 bits per heavy atom. The van der Waals surface area contributed by atoms with Crippen LogP contribution < -0.4 is 4.90 Å². The molecule has 2 aromatic carbocycles. The molecule has 162 valence electrons. The standard InChI is InChI=1S/C25H26FNO4/c1-3-30-24(29)17-31-25(14-12-21(13-15-25)20-8-5-4-6-9-20)18-27(19(2)28)23-11-7-10-22(26)16-23/h4-14,16H,3,15,17-18H2,1-2H3. The monoisotopic (exact) mass is 423 g/mol. The van der Waals surface area contributed by atoms with Gasteiger partial charge < -0.3 is 14.4 Å². The molecule has 5 nitrogen and oxygen atoms in total. The van der Waals surface area contributed by atoms with Crippen LogP contribution in [0.15, 0.2) is 72.8 Å². The first-order valence-corrected chi connectivity index (χ1v) is 10.2. The van der Waals surface area contributed by atoms with E-state index in [1.165, 1.54) is 24.0 Å². The number of allylic oxidation sites excluding steroid dienone is 2. The predicted octanol–water partition coefficient (Wildman–Crippen LogP) is 4.54. The number of benzene rings is 2. The van der Waals surface area contributed by atoms with E-state index in [4.69, 9.17) is 9.47 Å².